The van der Waals surface area contributed by atoms with E-state index in [1.165, 1.54) is 13.0 Å². The van der Waals surface area contributed by atoms with Gasteiger partial charge in [0.15, 0.2) is 56.2 Å². The molecule has 0 bridgehead atoms. The van der Waals surface area contributed by atoms with Gasteiger partial charge in [-0.2, -0.15) is 0 Å². The van der Waals surface area contributed by atoms with E-state index in [0.717, 1.165) is 18.6 Å². The van der Waals surface area contributed by atoms with Gasteiger partial charge in [-0.05, 0) is 114 Å². The molecule has 0 spiro atoms. The normalized spacial score (nSPS) is 48.9. The van der Waals surface area contributed by atoms with Crippen LogP contribution < -0.4 is 5.32 Å². The fraction of sp³-hybridized carbons (Fsp3) is 0.837. The fourth-order valence-corrected chi connectivity index (χ4v) is 22.7. The van der Waals surface area contributed by atoms with E-state index in [2.05, 4.69) is 59.9 Å². The van der Waals surface area contributed by atoms with E-state index in [1.54, 1.807) is 30.3 Å². The van der Waals surface area contributed by atoms with Crippen LogP contribution in [0, 0.1) is 50.2 Å². The van der Waals surface area contributed by atoms with Gasteiger partial charge in [0.1, 0.15) is 158 Å². The largest absolute Gasteiger partial charge is 0.463 e. The van der Waals surface area contributed by atoms with Gasteiger partial charge in [0.25, 0.3) is 0 Å². The van der Waals surface area contributed by atoms with Crippen LogP contribution in [0.25, 0.3) is 6.08 Å². The number of hydrogen-bond donors (Lipinski definition) is 20. The Morgan fingerprint density at radius 1 is 0.508 bits per heavy atom. The van der Waals surface area contributed by atoms with Crippen molar-refractivity contribution in [2.24, 2.45) is 50.2 Å². The van der Waals surface area contributed by atoms with Gasteiger partial charge in [-0.3, -0.25) is 14.4 Å². The van der Waals surface area contributed by atoms with Crippen molar-refractivity contribution in [2.45, 2.75) is 341 Å². The smallest absolute Gasteiger partial charge is 0.331 e. The second kappa shape index (κ2) is 39.1. The summed E-state index contributed by atoms with van der Waals surface area (Å²) in [6.45, 7) is 10.9. The zero-order chi connectivity index (χ0) is 92.7. The third kappa shape index (κ3) is 18.9. The highest BCUT2D eigenvalue weighted by atomic mass is 16.8. The lowest BCUT2D eigenvalue weighted by Crippen LogP contribution is -2.69. The monoisotopic (exact) mass is 1830 g/mol. The topological polar surface area (TPSA) is 631 Å². The van der Waals surface area contributed by atoms with E-state index >= 15 is 4.79 Å². The number of nitrogens with one attached hydrogen (secondary N) is 1. The summed E-state index contributed by atoms with van der Waals surface area (Å²) in [5.41, 5.74) is -5.77. The summed E-state index contributed by atoms with van der Waals surface area (Å²) in [6.07, 6.45) is -52.2. The van der Waals surface area contributed by atoms with Crippen LogP contribution in [0.15, 0.2) is 48.1 Å². The Kier molecular flexibility index (Phi) is 30.3. The molecule has 1 aromatic rings. The van der Waals surface area contributed by atoms with Gasteiger partial charge < -0.3 is 188 Å². The van der Waals surface area contributed by atoms with Gasteiger partial charge in [0.2, 0.25) is 12.2 Å². The lowest BCUT2D eigenvalue weighted by atomic mass is 9.33. The number of allylic oxidation sites excluding steroid dienone is 2. The predicted octanol–water partition coefficient (Wildman–Crippen LogP) is -5.59. The molecule has 1 amide bonds. The molecule has 14 rings (SSSR count). The second-order valence-corrected chi connectivity index (χ2v) is 39.1. The predicted molar refractivity (Wildman–Crippen MR) is 425 cm³/mol. The van der Waals surface area contributed by atoms with Crippen LogP contribution in [0.3, 0.4) is 0 Å². The van der Waals surface area contributed by atoms with Crippen LogP contribution in [-0.4, -0.2) is 401 Å². The molecular weight excluding hydrogens is 1700 g/mol. The SMILES string of the molecule is CC(=O)N[C@H]1[C@H](O[C@H]2CC[C@@]3(C)C(CC[C@]4(C)C3CC=C3[C@@H]5CC(C)(C)CC[C@]5(C(=O)O[C@@H]5O[C@H](COC(C)=O)[C@@H](O[C@@H]6OC[C@@H](O)[C@H](O)[C@H]6OC(=O)/C=C/c6ccccc6)[C@H](O)[C@H]5O[C@@H]5OC[C@@H](O)[C@H](O[C@@H]6OC[C@](O)(CO)[C@H]6O)[C@H]5O)[C@H](O)C[C@]34C)C2(C)C)O[C@H](CO[C@@H]2OC[C@H](O)[C@H](O[C@@H]3OC[C@@H](O)[C@H](O)[C@H]3O)[C@H]2O)[C@@H](O[C@@H]2O[C@H](CO)[C@@H](O)[C@H](O)[C@H]2O)[C@@H]1O. The molecule has 20 N–H and O–H groups in total. The van der Waals surface area contributed by atoms with Crippen molar-refractivity contribution < 1.29 is 201 Å². The molecule has 12 fully saturated rings. The molecule has 8 aliphatic heterocycles. The Labute approximate surface area is 738 Å². The van der Waals surface area contributed by atoms with Crippen molar-refractivity contribution >= 4 is 29.9 Å². The summed E-state index contributed by atoms with van der Waals surface area (Å²) < 4.78 is 109. The van der Waals surface area contributed by atoms with E-state index in [9.17, 15) is 111 Å². The average molecular weight is 1830 g/mol. The molecule has 13 aliphatic rings. The number of carbonyl (C=O) groups is 4. The minimum Gasteiger partial charge on any atom is -0.463 e. The second-order valence-electron chi connectivity index (χ2n) is 39.1. The summed E-state index contributed by atoms with van der Waals surface area (Å²) >= 11 is 0. The summed E-state index contributed by atoms with van der Waals surface area (Å²) in [7, 11) is 0. The maximum Gasteiger partial charge on any atom is 0.331 e. The molecule has 42 heteroatoms. The van der Waals surface area contributed by atoms with Crippen LogP contribution in [0.2, 0.25) is 0 Å². The minimum absolute atomic E-state index is 0.0137. The Hall–Kier alpha value is -4.78. The molecule has 42 nitrogen and oxygen atoms in total. The van der Waals surface area contributed by atoms with Gasteiger partial charge in [-0.1, -0.05) is 90.4 Å². The van der Waals surface area contributed by atoms with Crippen LogP contribution >= 0.6 is 0 Å². The third-order valence-corrected chi connectivity index (χ3v) is 30.1. The number of carbonyl (C=O) groups excluding carboxylic acids is 4. The molecule has 8 heterocycles. The van der Waals surface area contributed by atoms with Crippen molar-refractivity contribution in [1.29, 1.82) is 0 Å². The van der Waals surface area contributed by atoms with Crippen LogP contribution in [-0.2, 0) is 104 Å². The standard InChI is InChI=1S/C86H129NO41/c1-36(90)87-53-57(101)66(125-75-60(104)58(102)56(100)45(27-88)118-75)47(33-116-72-62(106)64(43(94)30-112-72)123-73-59(103)54(98)41(92)28-113-73)119-71(53)121-51-20-21-82(7)48(81(51,5)6)19-22-83(8)49(82)17-16-39-40-25-80(3,4)23-24-86(40,50(96)26-84(39,83)9)79(109)128-77-69(127-74-63(107)65(44(95)31-114-74)124-78-70(108)85(110,34-89)35-117-78)61(105)67(46(120-77)32-111-37(2)91)126-76-68(55(99)42(93)29-115-76)122-52(97)18-15-38-13-11-10-12-14-38/h10-16,18,40-51,53-78,88-89,92-96,98-108,110H,17,19-35H2,1-9H3,(H,87,90)/b18-15+/t40-,41+,42+,43-,44+,45+,46+,47+,48?,49?,50+,51-,53+,54-,55-,56+,57+,58-,59+,60+,61-,62+,63+,64-,65-,66+,67+,68+,69+,70-,71-,72-,73-,74-,75-,76-,77-,78-,82-,83+,84+,85+,86+/m0/s1. The Balaban J connectivity index is 0.737. The van der Waals surface area contributed by atoms with E-state index < -0.39 is 342 Å². The molecule has 128 heavy (non-hydrogen) atoms. The van der Waals surface area contributed by atoms with E-state index in [1.807, 2.05) is 0 Å². The molecule has 2 unspecified atom stereocenters. The molecule has 8 saturated heterocycles. The molecule has 1 aromatic carbocycles. The summed E-state index contributed by atoms with van der Waals surface area (Å²) in [5, 5.41) is 217. The first-order chi connectivity index (χ1) is 60.3. The van der Waals surface area contributed by atoms with Gasteiger partial charge in [0, 0.05) is 19.9 Å². The number of benzene rings is 1. The summed E-state index contributed by atoms with van der Waals surface area (Å²) in [6, 6.07) is 7.12. The van der Waals surface area contributed by atoms with Crippen LogP contribution in [0.5, 0.6) is 0 Å². The number of ether oxygens (including phenoxy) is 18. The van der Waals surface area contributed by atoms with Crippen molar-refractivity contribution in [2.75, 3.05) is 59.5 Å². The van der Waals surface area contributed by atoms with Crippen LogP contribution in [0.4, 0.5) is 0 Å². The van der Waals surface area contributed by atoms with E-state index in [4.69, 9.17) is 85.3 Å². The van der Waals surface area contributed by atoms with E-state index in [-0.39, 0.29) is 24.7 Å². The highest BCUT2D eigenvalue weighted by Crippen LogP contribution is 2.76. The van der Waals surface area contributed by atoms with Crippen molar-refractivity contribution in [3.63, 3.8) is 0 Å². The number of aliphatic hydroxyl groups is 19. The number of hydrogen-bond acceptors (Lipinski definition) is 41. The van der Waals surface area contributed by atoms with Gasteiger partial charge in [-0.15, -0.1) is 0 Å². The lowest BCUT2D eigenvalue weighted by Gasteiger charge is -2.72. The average Bonchev–Trinajstić information content (AvgIpc) is 0.729. The quantitative estimate of drug-likeness (QED) is 0.0143. The molecule has 5 aliphatic carbocycles. The molecule has 0 radical (unpaired) electrons. The van der Waals surface area contributed by atoms with Crippen molar-refractivity contribution in [3.05, 3.63) is 53.6 Å². The number of esters is 3. The summed E-state index contributed by atoms with van der Waals surface area (Å²) in [5.74, 6) is -4.60. The van der Waals surface area contributed by atoms with Gasteiger partial charge in [-0.25, -0.2) is 4.79 Å². The highest BCUT2D eigenvalue weighted by Gasteiger charge is 2.73. The molecule has 724 valence electrons. The number of fused-ring (bicyclic) bond motifs is 7. The molecule has 43 atom stereocenters. The first-order valence-electron chi connectivity index (χ1n) is 44.0. The lowest BCUT2D eigenvalue weighted by molar-refractivity contribution is -0.377. The van der Waals surface area contributed by atoms with Crippen molar-refractivity contribution in [1.82, 2.24) is 5.32 Å². The zero-order valence-electron chi connectivity index (χ0n) is 72.8. The maximum absolute atomic E-state index is 16.4. The Morgan fingerprint density at radius 2 is 1.09 bits per heavy atom. The fourth-order valence-electron chi connectivity index (χ4n) is 22.7. The summed E-state index contributed by atoms with van der Waals surface area (Å²) in [4.78, 5) is 56.2. The van der Waals surface area contributed by atoms with E-state index in [0.29, 0.717) is 50.5 Å². The Bertz CT molecular complexity index is 4020. The zero-order valence-corrected chi connectivity index (χ0v) is 72.8. The Morgan fingerprint density at radius 3 is 1.74 bits per heavy atom. The first-order valence-corrected chi connectivity index (χ1v) is 44.0. The molecule has 4 saturated carbocycles. The number of aliphatic hydroxyl groups excluding tert-OH is 18. The number of amides is 1. The van der Waals surface area contributed by atoms with Gasteiger partial charge in [0.05, 0.1) is 65.1 Å². The molecular formula is C86H129NO41. The maximum atomic E-state index is 16.4. The van der Waals surface area contributed by atoms with Gasteiger partial charge >= 0.3 is 17.9 Å². The minimum atomic E-state index is -2.22. The van der Waals surface area contributed by atoms with Crippen LogP contribution in [0.1, 0.15) is 126 Å². The first kappa shape index (κ1) is 99.2. The van der Waals surface area contributed by atoms with Crippen molar-refractivity contribution in [3.8, 4) is 0 Å². The number of rotatable bonds is 25. The third-order valence-electron chi connectivity index (χ3n) is 30.1. The highest BCUT2D eigenvalue weighted by molar-refractivity contribution is 5.87. The molecule has 0 aromatic heterocycles.